The van der Waals surface area contributed by atoms with Gasteiger partial charge in [-0.25, -0.2) is 13.2 Å². The van der Waals surface area contributed by atoms with Gasteiger partial charge >= 0.3 is 5.97 Å². The molecule has 1 heterocycles. The average Bonchev–Trinajstić information content (AvgIpc) is 3.14. The lowest BCUT2D eigenvalue weighted by molar-refractivity contribution is 0.0472. The third-order valence-corrected chi connectivity index (χ3v) is 9.69. The minimum atomic E-state index is -3.88. The lowest BCUT2D eigenvalue weighted by Crippen LogP contribution is -2.35. The fourth-order valence-electron chi connectivity index (χ4n) is 5.57. The summed E-state index contributed by atoms with van der Waals surface area (Å²) in [5.41, 5.74) is 4.41. The van der Waals surface area contributed by atoms with E-state index in [1.807, 2.05) is 67.6 Å². The predicted octanol–water partition coefficient (Wildman–Crippen LogP) is 6.50. The van der Waals surface area contributed by atoms with Gasteiger partial charge in [0, 0.05) is 29.8 Å². The highest BCUT2D eigenvalue weighted by Crippen LogP contribution is 2.34. The van der Waals surface area contributed by atoms with Gasteiger partial charge in [0.2, 0.25) is 0 Å². The van der Waals surface area contributed by atoms with Crippen molar-refractivity contribution in [2.24, 2.45) is 0 Å². The molecule has 0 saturated carbocycles. The number of anilines is 1. The van der Waals surface area contributed by atoms with Gasteiger partial charge in [0.15, 0.2) is 0 Å². The van der Waals surface area contributed by atoms with E-state index < -0.39 is 28.1 Å². The Bertz CT molecular complexity index is 2050. The number of nitrogens with one attached hydrogen (secondary N) is 2. The molecule has 0 aliphatic carbocycles. The first-order valence-corrected chi connectivity index (χ1v) is 17.6. The van der Waals surface area contributed by atoms with Crippen LogP contribution in [0.3, 0.4) is 0 Å². The van der Waals surface area contributed by atoms with Crippen molar-refractivity contribution in [3.63, 3.8) is 0 Å². The van der Waals surface area contributed by atoms with Crippen LogP contribution in [0.1, 0.15) is 40.1 Å². The number of fused-ring (bicyclic) bond motifs is 4. The zero-order chi connectivity index (χ0) is 35.1. The van der Waals surface area contributed by atoms with E-state index in [9.17, 15) is 18.3 Å². The van der Waals surface area contributed by atoms with Gasteiger partial charge in [-0.05, 0) is 72.1 Å². The first-order valence-electron chi connectivity index (χ1n) is 16.1. The van der Waals surface area contributed by atoms with Crippen LogP contribution in [0.5, 0.6) is 17.2 Å². The summed E-state index contributed by atoms with van der Waals surface area (Å²) >= 11 is 0. The van der Waals surface area contributed by atoms with Crippen molar-refractivity contribution in [3.05, 3.63) is 138 Å². The number of rotatable bonds is 12. The largest absolute Gasteiger partial charge is 0.496 e. The molecule has 0 saturated heterocycles. The van der Waals surface area contributed by atoms with E-state index >= 15 is 0 Å². The van der Waals surface area contributed by atoms with Gasteiger partial charge in [0.25, 0.3) is 10.0 Å². The Kier molecular flexibility index (Phi) is 10.7. The summed E-state index contributed by atoms with van der Waals surface area (Å²) in [4.78, 5) is 12.8. The number of esters is 1. The Morgan fingerprint density at radius 2 is 1.74 bits per heavy atom. The van der Waals surface area contributed by atoms with Gasteiger partial charge < -0.3 is 29.4 Å². The van der Waals surface area contributed by atoms with E-state index in [1.54, 1.807) is 55.6 Å². The predicted molar refractivity (Wildman–Crippen MR) is 190 cm³/mol. The fourth-order valence-corrected chi connectivity index (χ4v) is 6.72. The second kappa shape index (κ2) is 15.5. The number of sulfonamides is 1. The number of aliphatic hydroxyl groups excluding tert-OH is 1. The van der Waals surface area contributed by atoms with Gasteiger partial charge in [-0.3, -0.25) is 4.72 Å². The van der Waals surface area contributed by atoms with E-state index in [4.69, 9.17) is 18.9 Å². The maximum Gasteiger partial charge on any atom is 0.338 e. The lowest BCUT2D eigenvalue weighted by atomic mass is 10.0. The first-order chi connectivity index (χ1) is 24.2. The van der Waals surface area contributed by atoms with Gasteiger partial charge in [0.1, 0.15) is 37.1 Å². The number of carbonyl (C=O) groups excluding carboxylic acids is 1. The van der Waals surface area contributed by atoms with E-state index in [-0.39, 0.29) is 23.8 Å². The molecule has 0 aromatic heterocycles. The Morgan fingerprint density at radius 1 is 0.940 bits per heavy atom. The van der Waals surface area contributed by atoms with E-state index in [1.165, 1.54) is 6.07 Å². The number of aliphatic hydroxyl groups is 1. The van der Waals surface area contributed by atoms with Crippen molar-refractivity contribution in [2.75, 3.05) is 25.0 Å². The minimum Gasteiger partial charge on any atom is -0.496 e. The van der Waals surface area contributed by atoms with Crippen LogP contribution in [-0.4, -0.2) is 45.8 Å². The summed E-state index contributed by atoms with van der Waals surface area (Å²) in [5, 5.41) is 14.5. The lowest BCUT2D eigenvalue weighted by Gasteiger charge is -2.24. The molecular weight excluding hydrogens is 657 g/mol. The number of hydrogen-bond acceptors (Lipinski definition) is 9. The van der Waals surface area contributed by atoms with Crippen LogP contribution < -0.4 is 24.2 Å². The summed E-state index contributed by atoms with van der Waals surface area (Å²) in [6.45, 7) is 2.97. The van der Waals surface area contributed by atoms with Gasteiger partial charge in [-0.2, -0.15) is 0 Å². The second-order valence-electron chi connectivity index (χ2n) is 11.8. The third-order valence-electron chi connectivity index (χ3n) is 8.33. The first kappa shape index (κ1) is 34.5. The smallest absolute Gasteiger partial charge is 0.338 e. The van der Waals surface area contributed by atoms with Crippen LogP contribution in [0, 0.1) is 0 Å². The monoisotopic (exact) mass is 694 g/mol. The highest BCUT2D eigenvalue weighted by atomic mass is 32.2. The zero-order valence-electron chi connectivity index (χ0n) is 27.7. The molecule has 0 fully saturated rings. The maximum absolute atomic E-state index is 13.1. The fraction of sp³-hybridized carbons (Fsp3) is 0.205. The summed E-state index contributed by atoms with van der Waals surface area (Å²) in [5.74, 6) is 1.25. The van der Waals surface area contributed by atoms with E-state index in [2.05, 4.69) is 10.0 Å². The molecule has 5 aromatic rings. The minimum absolute atomic E-state index is 0.122. The summed E-state index contributed by atoms with van der Waals surface area (Å²) < 4.78 is 51.7. The molecule has 3 N–H and O–H groups in total. The van der Waals surface area contributed by atoms with Gasteiger partial charge in [0.05, 0.1) is 29.4 Å². The van der Waals surface area contributed by atoms with E-state index in [0.29, 0.717) is 41.5 Å². The molecule has 258 valence electrons. The highest BCUT2D eigenvalue weighted by molar-refractivity contribution is 7.92. The number of methoxy groups -OCH3 is 1. The summed E-state index contributed by atoms with van der Waals surface area (Å²) in [6.07, 6.45) is -1.03. The molecule has 1 aliphatic heterocycles. The Labute approximate surface area is 291 Å². The van der Waals surface area contributed by atoms with Crippen LogP contribution in [0.15, 0.2) is 120 Å². The number of carbonyl (C=O) groups is 1. The molecule has 1 aliphatic rings. The molecule has 0 radical (unpaired) electrons. The second-order valence-corrected chi connectivity index (χ2v) is 13.5. The van der Waals surface area contributed by atoms with Gasteiger partial charge in [-0.15, -0.1) is 0 Å². The Morgan fingerprint density at radius 3 is 2.52 bits per heavy atom. The van der Waals surface area contributed by atoms with Crippen LogP contribution in [0.25, 0.3) is 11.1 Å². The Hall–Kier alpha value is -5.36. The van der Waals surface area contributed by atoms with E-state index in [0.717, 1.165) is 22.3 Å². The quantitative estimate of drug-likeness (QED) is 0.0989. The normalized spacial score (nSPS) is 14.3. The molecule has 10 nitrogen and oxygen atoms in total. The van der Waals surface area contributed by atoms with Crippen LogP contribution in [0.2, 0.25) is 0 Å². The van der Waals surface area contributed by atoms with Gasteiger partial charge in [-0.1, -0.05) is 60.7 Å². The molecular formula is C39H38N2O8S. The van der Waals surface area contributed by atoms with Crippen molar-refractivity contribution in [1.82, 2.24) is 5.32 Å². The SMILES string of the molecule is COc1cc(C(=O)OCc2ccccc2)ccc1-c1ccc(OCCN[C@@H](C)[C@H](O)c2ccc3cc2NS(=O)(=O)c2cccc(c2)CO3)cc1. The molecule has 4 bridgehead atoms. The van der Waals surface area contributed by atoms with Crippen LogP contribution in [-0.2, 0) is 28.0 Å². The van der Waals surface area contributed by atoms with Crippen LogP contribution >= 0.6 is 0 Å². The van der Waals surface area contributed by atoms with Crippen molar-refractivity contribution in [2.45, 2.75) is 37.2 Å². The molecule has 11 heteroatoms. The van der Waals surface area contributed by atoms with Crippen molar-refractivity contribution in [1.29, 1.82) is 0 Å². The summed E-state index contributed by atoms with van der Waals surface area (Å²) in [7, 11) is -2.32. The number of ether oxygens (including phenoxy) is 4. The van der Waals surface area contributed by atoms with Crippen molar-refractivity contribution in [3.8, 4) is 28.4 Å². The topological polar surface area (TPSA) is 132 Å². The number of benzene rings is 5. The zero-order valence-corrected chi connectivity index (χ0v) is 28.5. The molecule has 0 spiro atoms. The molecule has 6 rings (SSSR count). The van der Waals surface area contributed by atoms with Crippen molar-refractivity contribution < 1.29 is 37.3 Å². The standard InChI is InChI=1S/C39H38N2O8S/c1-26(38(42)35-18-16-32-23-36(35)41-50(44,45)33-10-6-9-28(21-33)25-48-32)40-19-20-47-31-14-11-29(12-15-31)34-17-13-30(22-37(34)46-2)39(43)49-24-27-7-4-3-5-8-27/h3-18,21-23,26,38,40-42H,19-20,24-25H2,1-2H3/t26-,38-/m0/s1. The average molecular weight is 695 g/mol. The summed E-state index contributed by atoms with van der Waals surface area (Å²) in [6, 6.07) is 33.3. The highest BCUT2D eigenvalue weighted by Gasteiger charge is 2.24. The number of hydrogen-bond donors (Lipinski definition) is 3. The Balaban J connectivity index is 1.02. The molecule has 0 unspecified atom stereocenters. The molecule has 0 amide bonds. The maximum atomic E-state index is 13.1. The van der Waals surface area contributed by atoms with Crippen LogP contribution in [0.4, 0.5) is 5.69 Å². The third kappa shape index (κ3) is 8.25. The molecule has 5 aromatic carbocycles. The molecule has 2 atom stereocenters. The van der Waals surface area contributed by atoms with Crippen molar-refractivity contribution >= 4 is 21.7 Å². The molecule has 50 heavy (non-hydrogen) atoms.